The third kappa shape index (κ3) is 4.50. The maximum absolute atomic E-state index is 12.6. The van der Waals surface area contributed by atoms with Crippen molar-refractivity contribution in [2.24, 2.45) is 5.92 Å². The zero-order chi connectivity index (χ0) is 15.3. The average Bonchev–Trinajstić information content (AvgIpc) is 2.95. The van der Waals surface area contributed by atoms with E-state index in [0.29, 0.717) is 23.3 Å². The van der Waals surface area contributed by atoms with Gasteiger partial charge in [-0.15, -0.1) is 11.3 Å². The molecular weight excluding hydrogens is 308 g/mol. The Balaban J connectivity index is 2.00. The summed E-state index contributed by atoms with van der Waals surface area (Å²) >= 11 is 1.35. The minimum atomic E-state index is -3.37. The Bertz CT molecular complexity index is 536. The molecule has 1 aliphatic rings. The lowest BCUT2D eigenvalue weighted by atomic mass is 10.0. The number of hydrogen-bond acceptors (Lipinski definition) is 5. The predicted octanol–water partition coefficient (Wildman–Crippen LogP) is 1.90. The molecule has 2 rings (SSSR count). The molecule has 1 aromatic rings. The average molecular weight is 332 g/mol. The van der Waals surface area contributed by atoms with E-state index in [0.717, 1.165) is 37.4 Å². The molecule has 1 N–H and O–H groups in total. The van der Waals surface area contributed by atoms with Gasteiger partial charge >= 0.3 is 0 Å². The first-order valence-corrected chi connectivity index (χ1v) is 9.63. The van der Waals surface area contributed by atoms with Crippen LogP contribution in [0, 0.1) is 5.92 Å². The third-order valence-corrected chi connectivity index (χ3v) is 7.00. The van der Waals surface area contributed by atoms with Crippen LogP contribution in [0.4, 0.5) is 0 Å². The van der Waals surface area contributed by atoms with Crippen LogP contribution in [0.15, 0.2) is 16.3 Å². The molecule has 1 aliphatic heterocycles. The van der Waals surface area contributed by atoms with Crippen LogP contribution in [0.3, 0.4) is 0 Å². The maximum atomic E-state index is 12.6. The van der Waals surface area contributed by atoms with E-state index >= 15 is 0 Å². The first kappa shape index (κ1) is 16.9. The molecule has 0 spiro atoms. The zero-order valence-electron chi connectivity index (χ0n) is 12.7. The number of ether oxygens (including phenoxy) is 1. The van der Waals surface area contributed by atoms with E-state index in [1.54, 1.807) is 13.1 Å². The van der Waals surface area contributed by atoms with Gasteiger partial charge in [-0.1, -0.05) is 6.92 Å². The van der Waals surface area contributed by atoms with Gasteiger partial charge in [-0.2, -0.15) is 4.31 Å². The Kier molecular flexibility index (Phi) is 6.19. The van der Waals surface area contributed by atoms with Crippen molar-refractivity contribution in [1.82, 2.24) is 9.62 Å². The summed E-state index contributed by atoms with van der Waals surface area (Å²) in [6, 6.07) is 3.60. The highest BCUT2D eigenvalue weighted by Gasteiger charge is 2.26. The second-order valence-corrected chi connectivity index (χ2v) is 8.81. The molecule has 1 saturated heterocycles. The van der Waals surface area contributed by atoms with E-state index in [4.69, 9.17) is 4.74 Å². The van der Waals surface area contributed by atoms with Crippen LogP contribution in [0.2, 0.25) is 0 Å². The highest BCUT2D eigenvalue weighted by Crippen LogP contribution is 2.25. The predicted molar refractivity (Wildman–Crippen MR) is 85.1 cm³/mol. The molecule has 21 heavy (non-hydrogen) atoms. The molecule has 1 unspecified atom stereocenters. The molecule has 0 saturated carbocycles. The Morgan fingerprint density at radius 1 is 1.48 bits per heavy atom. The van der Waals surface area contributed by atoms with E-state index in [-0.39, 0.29) is 0 Å². The van der Waals surface area contributed by atoms with Gasteiger partial charge in [0, 0.05) is 31.6 Å². The van der Waals surface area contributed by atoms with Gasteiger partial charge < -0.3 is 10.1 Å². The molecule has 2 heterocycles. The summed E-state index contributed by atoms with van der Waals surface area (Å²) in [6.07, 6.45) is 2.06. The molecule has 0 radical (unpaired) electrons. The van der Waals surface area contributed by atoms with Crippen molar-refractivity contribution in [3.05, 3.63) is 17.0 Å². The highest BCUT2D eigenvalue weighted by molar-refractivity contribution is 7.91. The molecule has 1 atom stereocenters. The lowest BCUT2D eigenvalue weighted by Crippen LogP contribution is -2.34. The van der Waals surface area contributed by atoms with Crippen molar-refractivity contribution < 1.29 is 13.2 Å². The molecule has 120 valence electrons. The van der Waals surface area contributed by atoms with Crippen molar-refractivity contribution >= 4 is 21.4 Å². The van der Waals surface area contributed by atoms with Gasteiger partial charge in [0.2, 0.25) is 0 Å². The van der Waals surface area contributed by atoms with Crippen molar-refractivity contribution in [3.63, 3.8) is 0 Å². The second kappa shape index (κ2) is 7.69. The summed E-state index contributed by atoms with van der Waals surface area (Å²) in [7, 11) is -1.71. The SMILES string of the molecule is CCNCc1ccc(S(=O)(=O)N(C)CC2CCCOC2)s1. The fraction of sp³-hybridized carbons (Fsp3) is 0.714. The Labute approximate surface area is 131 Å². The number of hydrogen-bond donors (Lipinski definition) is 1. The summed E-state index contributed by atoms with van der Waals surface area (Å²) in [4.78, 5) is 1.05. The van der Waals surface area contributed by atoms with Crippen molar-refractivity contribution in [2.45, 2.75) is 30.5 Å². The van der Waals surface area contributed by atoms with Gasteiger partial charge in [0.15, 0.2) is 0 Å². The number of nitrogens with one attached hydrogen (secondary N) is 1. The molecule has 0 amide bonds. The molecule has 7 heteroatoms. The first-order chi connectivity index (χ1) is 10.0. The monoisotopic (exact) mass is 332 g/mol. The standard InChI is InChI=1S/C14H24N2O3S2/c1-3-15-9-13-6-7-14(20-13)21(17,18)16(2)10-12-5-4-8-19-11-12/h6-7,12,15H,3-5,8-11H2,1-2H3. The van der Waals surface area contributed by atoms with E-state index in [1.165, 1.54) is 15.6 Å². The van der Waals surface area contributed by atoms with Gasteiger partial charge in [-0.05, 0) is 37.4 Å². The van der Waals surface area contributed by atoms with Gasteiger partial charge in [0.25, 0.3) is 10.0 Å². The molecule has 5 nitrogen and oxygen atoms in total. The summed E-state index contributed by atoms with van der Waals surface area (Å²) in [5.74, 6) is 0.305. The summed E-state index contributed by atoms with van der Waals surface area (Å²) < 4.78 is 32.5. The van der Waals surface area contributed by atoms with Crippen molar-refractivity contribution in [3.8, 4) is 0 Å². The smallest absolute Gasteiger partial charge is 0.252 e. The zero-order valence-corrected chi connectivity index (χ0v) is 14.3. The third-order valence-electron chi connectivity index (χ3n) is 3.62. The van der Waals surface area contributed by atoms with Crippen molar-refractivity contribution in [2.75, 3.05) is 33.4 Å². The van der Waals surface area contributed by atoms with Gasteiger partial charge in [0.05, 0.1) is 6.61 Å². The highest BCUT2D eigenvalue weighted by atomic mass is 32.2. The number of thiophene rings is 1. The van der Waals surface area contributed by atoms with Crippen molar-refractivity contribution in [1.29, 1.82) is 0 Å². The minimum Gasteiger partial charge on any atom is -0.381 e. The molecule has 0 aromatic carbocycles. The fourth-order valence-electron chi connectivity index (χ4n) is 2.41. The summed E-state index contributed by atoms with van der Waals surface area (Å²) in [6.45, 7) is 5.62. The molecule has 1 fully saturated rings. The normalized spacial score (nSPS) is 20.0. The summed E-state index contributed by atoms with van der Waals surface area (Å²) in [5.41, 5.74) is 0. The van der Waals surface area contributed by atoms with Crippen LogP contribution in [0.25, 0.3) is 0 Å². The van der Waals surface area contributed by atoms with Crippen LogP contribution in [-0.4, -0.2) is 46.1 Å². The maximum Gasteiger partial charge on any atom is 0.252 e. The largest absolute Gasteiger partial charge is 0.381 e. The Morgan fingerprint density at radius 2 is 2.29 bits per heavy atom. The van der Waals surface area contributed by atoms with Crippen LogP contribution in [0.5, 0.6) is 0 Å². The first-order valence-electron chi connectivity index (χ1n) is 7.37. The van der Waals surface area contributed by atoms with E-state index in [2.05, 4.69) is 5.32 Å². The molecule has 0 aliphatic carbocycles. The van der Waals surface area contributed by atoms with Crippen LogP contribution < -0.4 is 5.32 Å². The second-order valence-electron chi connectivity index (χ2n) is 5.37. The lowest BCUT2D eigenvalue weighted by Gasteiger charge is -2.26. The van der Waals surface area contributed by atoms with Crippen LogP contribution in [-0.2, 0) is 21.3 Å². The number of rotatable bonds is 7. The Hall–Kier alpha value is -0.470. The number of nitrogens with zero attached hydrogens (tertiary/aromatic N) is 1. The molecular formula is C14H24N2O3S2. The quantitative estimate of drug-likeness (QED) is 0.828. The van der Waals surface area contributed by atoms with E-state index in [9.17, 15) is 8.42 Å². The minimum absolute atomic E-state index is 0.305. The summed E-state index contributed by atoms with van der Waals surface area (Å²) in [5, 5.41) is 3.21. The number of sulfonamides is 1. The Morgan fingerprint density at radius 3 is 2.95 bits per heavy atom. The van der Waals surface area contributed by atoms with Gasteiger partial charge in [-0.25, -0.2) is 8.42 Å². The van der Waals surface area contributed by atoms with Crippen LogP contribution >= 0.6 is 11.3 Å². The molecule has 1 aromatic heterocycles. The lowest BCUT2D eigenvalue weighted by molar-refractivity contribution is 0.0495. The topological polar surface area (TPSA) is 58.6 Å². The van der Waals surface area contributed by atoms with Crippen LogP contribution in [0.1, 0.15) is 24.6 Å². The van der Waals surface area contributed by atoms with E-state index in [1.807, 2.05) is 13.0 Å². The van der Waals surface area contributed by atoms with E-state index < -0.39 is 10.0 Å². The fourth-order valence-corrected chi connectivity index (χ4v) is 5.19. The molecule has 0 bridgehead atoms. The van der Waals surface area contributed by atoms with Gasteiger partial charge in [0.1, 0.15) is 4.21 Å². The van der Waals surface area contributed by atoms with Gasteiger partial charge in [-0.3, -0.25) is 0 Å².